The second-order valence-corrected chi connectivity index (χ2v) is 19.5. The predicted molar refractivity (Wildman–Crippen MR) is 308 cm³/mol. The molecule has 11 aromatic carbocycles. The minimum atomic E-state index is -0.703. The van der Waals surface area contributed by atoms with Crippen LogP contribution in [0.1, 0.15) is 22.3 Å². The molecule has 3 heterocycles. The second kappa shape index (κ2) is 17.1. The fourth-order valence-electron chi connectivity index (χ4n) is 12.1. The Hall–Kier alpha value is -9.97. The fourth-order valence-corrected chi connectivity index (χ4v) is 12.1. The highest BCUT2D eigenvalue weighted by molar-refractivity contribution is 6.13. The summed E-state index contributed by atoms with van der Waals surface area (Å²) in [5.74, 6) is 1.90. The van der Waals surface area contributed by atoms with Gasteiger partial charge in [-0.25, -0.2) is 15.0 Å². The molecule has 1 aliphatic rings. The van der Waals surface area contributed by atoms with Gasteiger partial charge in [0.2, 0.25) is 0 Å². The summed E-state index contributed by atoms with van der Waals surface area (Å²) in [6, 6.07) is 98.6. The maximum Gasteiger partial charge on any atom is 0.164 e. The van der Waals surface area contributed by atoms with E-state index in [1.807, 2.05) is 36.4 Å². The standard InChI is InChI=1S/C70H45N5/c1-6-20-46(21-7-1)67-71-68(47-22-8-2-9-23-47)73-69(72-67)50-34-38-56-55-30-16-18-32-61(55)70(62(56)44-50,51-24-10-3-11-25-51)52-37-41-66-60(45-52)59-43-49(36-40-65(59)75(66)54-28-14-5-15-29-54)48-35-39-64-58(42-48)57-31-17-19-33-63(57)74(64)53-26-12-4-13-27-53/h1-45H. The van der Waals surface area contributed by atoms with E-state index in [0.29, 0.717) is 17.5 Å². The lowest BCUT2D eigenvalue weighted by Gasteiger charge is -2.34. The van der Waals surface area contributed by atoms with Crippen molar-refractivity contribution in [2.24, 2.45) is 0 Å². The van der Waals surface area contributed by atoms with Crippen molar-refractivity contribution in [3.8, 4) is 67.8 Å². The topological polar surface area (TPSA) is 48.5 Å². The molecule has 5 nitrogen and oxygen atoms in total. The maximum atomic E-state index is 5.23. The molecule has 15 rings (SSSR count). The first-order valence-electron chi connectivity index (χ1n) is 25.6. The van der Waals surface area contributed by atoms with Crippen molar-refractivity contribution < 1.29 is 0 Å². The van der Waals surface area contributed by atoms with E-state index < -0.39 is 5.41 Å². The molecule has 0 radical (unpaired) electrons. The number of benzene rings is 11. The van der Waals surface area contributed by atoms with Gasteiger partial charge in [0.1, 0.15) is 0 Å². The third kappa shape index (κ3) is 6.68. The molecule has 0 bridgehead atoms. The number of hydrogen-bond donors (Lipinski definition) is 0. The Morgan fingerprint density at radius 1 is 0.253 bits per heavy atom. The lowest BCUT2D eigenvalue weighted by molar-refractivity contribution is 0.770. The molecule has 0 aliphatic heterocycles. The van der Waals surface area contributed by atoms with Gasteiger partial charge < -0.3 is 9.13 Å². The molecular weight excluding hydrogens is 911 g/mol. The molecule has 0 spiro atoms. The Bertz CT molecular complexity index is 4450. The maximum absolute atomic E-state index is 5.23. The van der Waals surface area contributed by atoms with Crippen molar-refractivity contribution in [1.82, 2.24) is 24.1 Å². The molecule has 0 amide bonds. The smallest absolute Gasteiger partial charge is 0.164 e. The Morgan fingerprint density at radius 3 is 1.28 bits per heavy atom. The first kappa shape index (κ1) is 42.7. The quantitative estimate of drug-likeness (QED) is 0.152. The molecule has 1 aliphatic carbocycles. The highest BCUT2D eigenvalue weighted by atomic mass is 15.0. The average molecular weight is 956 g/mol. The van der Waals surface area contributed by atoms with Gasteiger partial charge in [0.05, 0.1) is 27.5 Å². The van der Waals surface area contributed by atoms with Crippen LogP contribution in [0.15, 0.2) is 273 Å². The molecule has 350 valence electrons. The Kier molecular flexibility index (Phi) is 9.72. The van der Waals surface area contributed by atoms with E-state index in [2.05, 4.69) is 246 Å². The third-order valence-corrected chi connectivity index (χ3v) is 15.4. The third-order valence-electron chi connectivity index (χ3n) is 15.4. The summed E-state index contributed by atoms with van der Waals surface area (Å²) in [6.07, 6.45) is 0. The van der Waals surface area contributed by atoms with Crippen LogP contribution in [0.4, 0.5) is 0 Å². The fraction of sp³-hybridized carbons (Fsp3) is 0.0143. The van der Waals surface area contributed by atoms with Gasteiger partial charge in [-0.15, -0.1) is 0 Å². The Labute approximate surface area is 434 Å². The monoisotopic (exact) mass is 955 g/mol. The number of rotatable bonds is 8. The van der Waals surface area contributed by atoms with Crippen LogP contribution < -0.4 is 0 Å². The van der Waals surface area contributed by atoms with Gasteiger partial charge in [-0.1, -0.05) is 200 Å². The minimum absolute atomic E-state index is 0.625. The average Bonchev–Trinajstić information content (AvgIpc) is 4.24. The molecule has 3 aromatic heterocycles. The molecule has 0 N–H and O–H groups in total. The van der Waals surface area contributed by atoms with Crippen LogP contribution in [0.25, 0.3) is 111 Å². The van der Waals surface area contributed by atoms with Crippen molar-refractivity contribution in [2.75, 3.05) is 0 Å². The molecular formula is C70H45N5. The Morgan fingerprint density at radius 2 is 0.680 bits per heavy atom. The van der Waals surface area contributed by atoms with Crippen molar-refractivity contribution in [1.29, 1.82) is 0 Å². The first-order chi connectivity index (χ1) is 37.2. The molecule has 5 heteroatoms. The van der Waals surface area contributed by atoms with Gasteiger partial charge in [0.15, 0.2) is 17.5 Å². The number of nitrogens with zero attached hydrogens (tertiary/aromatic N) is 5. The van der Waals surface area contributed by atoms with Crippen molar-refractivity contribution in [2.45, 2.75) is 5.41 Å². The van der Waals surface area contributed by atoms with Crippen LogP contribution in [0.5, 0.6) is 0 Å². The summed E-state index contributed by atoms with van der Waals surface area (Å²) in [5.41, 5.74) is 18.6. The van der Waals surface area contributed by atoms with Gasteiger partial charge in [0, 0.05) is 49.6 Å². The molecule has 14 aromatic rings. The van der Waals surface area contributed by atoms with Crippen molar-refractivity contribution in [3.05, 3.63) is 295 Å². The van der Waals surface area contributed by atoms with Crippen LogP contribution in [-0.4, -0.2) is 24.1 Å². The molecule has 1 atom stereocenters. The van der Waals surface area contributed by atoms with Gasteiger partial charge in [-0.2, -0.15) is 0 Å². The summed E-state index contributed by atoms with van der Waals surface area (Å²) in [5, 5.41) is 4.84. The van der Waals surface area contributed by atoms with E-state index in [-0.39, 0.29) is 0 Å². The van der Waals surface area contributed by atoms with Gasteiger partial charge in [-0.05, 0) is 117 Å². The second-order valence-electron chi connectivity index (χ2n) is 19.5. The van der Waals surface area contributed by atoms with Crippen molar-refractivity contribution >= 4 is 43.6 Å². The summed E-state index contributed by atoms with van der Waals surface area (Å²) >= 11 is 0. The molecule has 1 unspecified atom stereocenters. The van der Waals surface area contributed by atoms with E-state index in [0.717, 1.165) is 39.1 Å². The SMILES string of the molecule is c1ccc(-c2nc(-c3ccccc3)nc(-c3ccc4c(c3)C(c3ccccc3)(c3ccc5c(c3)c3cc(-c6ccc7c(c6)c6ccccc6n7-c6ccccc6)ccc3n5-c3ccccc3)c3ccccc3-4)n2)cc1. The van der Waals surface area contributed by atoms with E-state index >= 15 is 0 Å². The summed E-state index contributed by atoms with van der Waals surface area (Å²) < 4.78 is 4.81. The highest BCUT2D eigenvalue weighted by Gasteiger charge is 2.46. The number of aromatic nitrogens is 5. The molecule has 0 saturated carbocycles. The summed E-state index contributed by atoms with van der Waals surface area (Å²) in [4.78, 5) is 15.5. The predicted octanol–water partition coefficient (Wildman–Crippen LogP) is 17.1. The number of fused-ring (bicyclic) bond motifs is 9. The lowest BCUT2D eigenvalue weighted by atomic mass is 9.67. The number of hydrogen-bond acceptors (Lipinski definition) is 3. The van der Waals surface area contributed by atoms with Crippen LogP contribution in [0.2, 0.25) is 0 Å². The number of para-hydroxylation sites is 3. The van der Waals surface area contributed by atoms with Crippen LogP contribution in [0, 0.1) is 0 Å². The highest BCUT2D eigenvalue weighted by Crippen LogP contribution is 2.57. The molecule has 0 saturated heterocycles. The molecule has 0 fully saturated rings. The van der Waals surface area contributed by atoms with Crippen molar-refractivity contribution in [3.63, 3.8) is 0 Å². The lowest BCUT2D eigenvalue weighted by Crippen LogP contribution is -2.28. The first-order valence-corrected chi connectivity index (χ1v) is 25.6. The van der Waals surface area contributed by atoms with Crippen LogP contribution in [0.3, 0.4) is 0 Å². The summed E-state index contributed by atoms with van der Waals surface area (Å²) in [7, 11) is 0. The van der Waals surface area contributed by atoms with E-state index in [9.17, 15) is 0 Å². The van der Waals surface area contributed by atoms with Crippen LogP contribution >= 0.6 is 0 Å². The summed E-state index contributed by atoms with van der Waals surface area (Å²) in [6.45, 7) is 0. The van der Waals surface area contributed by atoms with Gasteiger partial charge in [0.25, 0.3) is 0 Å². The zero-order valence-electron chi connectivity index (χ0n) is 40.7. The minimum Gasteiger partial charge on any atom is -0.309 e. The normalized spacial score (nSPS) is 13.9. The van der Waals surface area contributed by atoms with Gasteiger partial charge >= 0.3 is 0 Å². The van der Waals surface area contributed by atoms with E-state index in [1.165, 1.54) is 77.1 Å². The zero-order chi connectivity index (χ0) is 49.5. The Balaban J connectivity index is 0.966. The van der Waals surface area contributed by atoms with Gasteiger partial charge in [-0.3, -0.25) is 0 Å². The van der Waals surface area contributed by atoms with E-state index in [4.69, 9.17) is 15.0 Å². The largest absolute Gasteiger partial charge is 0.309 e. The van der Waals surface area contributed by atoms with E-state index in [1.54, 1.807) is 0 Å². The van der Waals surface area contributed by atoms with Crippen LogP contribution in [-0.2, 0) is 5.41 Å². The molecule has 75 heavy (non-hydrogen) atoms. The zero-order valence-corrected chi connectivity index (χ0v) is 40.7.